The molecule has 3 aliphatic heterocycles. The Labute approximate surface area is 219 Å². The molecule has 0 radical (unpaired) electrons. The number of hydrogen-bond donors (Lipinski definition) is 0. The number of halogens is 2. The zero-order valence-electron chi connectivity index (χ0n) is 20.8. The molecule has 0 saturated carbocycles. The molecule has 8 nitrogen and oxygen atoms in total. The second-order valence-electron chi connectivity index (χ2n) is 10.1. The first-order chi connectivity index (χ1) is 18.2. The van der Waals surface area contributed by atoms with Crippen LogP contribution in [0.4, 0.5) is 8.78 Å². The number of nitrogens with zero attached hydrogens (tertiary/aromatic N) is 4. The maximum atomic E-state index is 14.0. The van der Waals surface area contributed by atoms with Gasteiger partial charge >= 0.3 is 0 Å². The van der Waals surface area contributed by atoms with Crippen LogP contribution in [0, 0.1) is 0 Å². The minimum Gasteiger partial charge on any atom is -0.378 e. The number of morpholine rings is 1. The van der Waals surface area contributed by atoms with Crippen LogP contribution in [0.25, 0.3) is 16.9 Å². The molecule has 0 spiro atoms. The summed E-state index contributed by atoms with van der Waals surface area (Å²) in [4.78, 5) is 17.1. The highest BCUT2D eigenvalue weighted by atomic mass is 32.2. The Balaban J connectivity index is 1.44. The number of amides is 1. The smallest absolute Gasteiger partial charge is 0.274 e. The summed E-state index contributed by atoms with van der Waals surface area (Å²) in [6.45, 7) is 2.30. The predicted molar refractivity (Wildman–Crippen MR) is 136 cm³/mol. The molecule has 6 rings (SSSR count). The van der Waals surface area contributed by atoms with Gasteiger partial charge in [-0.1, -0.05) is 30.3 Å². The number of aromatic nitrogens is 2. The predicted octanol–water partition coefficient (Wildman–Crippen LogP) is 3.53. The van der Waals surface area contributed by atoms with E-state index in [2.05, 4.69) is 0 Å². The normalized spacial score (nSPS) is 20.5. The summed E-state index contributed by atoms with van der Waals surface area (Å²) >= 11 is 0. The largest absolute Gasteiger partial charge is 0.378 e. The van der Waals surface area contributed by atoms with Crippen LogP contribution in [0.3, 0.4) is 0 Å². The Morgan fingerprint density at radius 1 is 1.05 bits per heavy atom. The summed E-state index contributed by atoms with van der Waals surface area (Å²) in [6.07, 6.45) is 0.350. The van der Waals surface area contributed by atoms with E-state index in [0.29, 0.717) is 68.3 Å². The number of hydrogen-bond acceptors (Lipinski definition) is 6. The fourth-order valence-electron chi connectivity index (χ4n) is 5.57. The van der Waals surface area contributed by atoms with Crippen molar-refractivity contribution in [3.05, 3.63) is 65.4 Å². The van der Waals surface area contributed by atoms with Crippen molar-refractivity contribution < 1.29 is 26.7 Å². The van der Waals surface area contributed by atoms with E-state index < -0.39 is 15.8 Å². The molecule has 2 fully saturated rings. The Morgan fingerprint density at radius 2 is 1.84 bits per heavy atom. The van der Waals surface area contributed by atoms with E-state index in [9.17, 15) is 22.0 Å². The van der Waals surface area contributed by atoms with E-state index in [-0.39, 0.29) is 35.2 Å². The van der Waals surface area contributed by atoms with Gasteiger partial charge < -0.3 is 9.64 Å². The maximum absolute atomic E-state index is 14.0. The van der Waals surface area contributed by atoms with Gasteiger partial charge in [0.1, 0.15) is 0 Å². The molecule has 0 bridgehead atoms. The fraction of sp³-hybridized carbons (Fsp3) is 0.407. The highest BCUT2D eigenvalue weighted by molar-refractivity contribution is 7.90. The second-order valence-corrected chi connectivity index (χ2v) is 12.0. The minimum atomic E-state index is -3.68. The molecule has 3 aromatic rings. The Morgan fingerprint density at radius 3 is 2.63 bits per heavy atom. The van der Waals surface area contributed by atoms with Crippen LogP contribution in [-0.4, -0.2) is 79.2 Å². The summed E-state index contributed by atoms with van der Waals surface area (Å²) in [7, 11) is -3.68. The number of likely N-dealkylation sites (tertiary alicyclic amines) is 1. The van der Waals surface area contributed by atoms with Crippen molar-refractivity contribution in [2.75, 3.05) is 39.4 Å². The highest BCUT2D eigenvalue weighted by Gasteiger charge is 2.38. The maximum Gasteiger partial charge on any atom is 0.274 e. The molecule has 11 heteroatoms. The number of fused-ring (bicyclic) bond motifs is 3. The number of piperidine rings is 1. The molecule has 2 saturated heterocycles. The highest BCUT2D eigenvalue weighted by Crippen LogP contribution is 2.41. The molecule has 0 aliphatic carbocycles. The summed E-state index contributed by atoms with van der Waals surface area (Å²) in [5.74, 6) is -3.35. The number of ether oxygens (including phenoxy) is 1. The van der Waals surface area contributed by atoms with E-state index in [1.807, 2.05) is 24.3 Å². The molecular weight excluding hydrogens is 514 g/mol. The van der Waals surface area contributed by atoms with Crippen molar-refractivity contribution in [3.63, 3.8) is 0 Å². The summed E-state index contributed by atoms with van der Waals surface area (Å²) in [6, 6.07) is 14.1. The zero-order valence-corrected chi connectivity index (χ0v) is 21.6. The first kappa shape index (κ1) is 25.1. The van der Waals surface area contributed by atoms with Gasteiger partial charge in [-0.3, -0.25) is 9.69 Å². The lowest BCUT2D eigenvalue weighted by Gasteiger charge is -2.32. The lowest BCUT2D eigenvalue weighted by Crippen LogP contribution is -2.42. The second kappa shape index (κ2) is 9.55. The Bertz CT molecular complexity index is 1500. The molecule has 1 amide bonds. The van der Waals surface area contributed by atoms with E-state index in [1.54, 1.807) is 38.7 Å². The van der Waals surface area contributed by atoms with E-state index in [1.165, 1.54) is 0 Å². The van der Waals surface area contributed by atoms with Gasteiger partial charge in [-0.2, -0.15) is 5.10 Å². The summed E-state index contributed by atoms with van der Waals surface area (Å²) in [5, 5.41) is 4.70. The van der Waals surface area contributed by atoms with E-state index in [0.717, 1.165) is 5.56 Å². The van der Waals surface area contributed by atoms with Gasteiger partial charge in [0, 0.05) is 37.2 Å². The van der Waals surface area contributed by atoms with Crippen LogP contribution >= 0.6 is 0 Å². The Hall–Kier alpha value is -3.15. The lowest BCUT2D eigenvalue weighted by molar-refractivity contribution is -0.0661. The molecule has 3 aliphatic rings. The number of carbonyl (C=O) groups excluding carboxylic acids is 1. The standard InChI is InChI=1S/C27H28F2N4O4S/c28-27(29)9-4-10-31(18-27)16-19-5-3-6-20(15-19)33-25-21-7-1-2-8-23(21)38(35,36)17-22(25)24(30-33)26(34)32-11-13-37-14-12-32/h1-3,5-8,15H,4,9-14,16-18H2. The number of carbonyl (C=O) groups is 1. The lowest BCUT2D eigenvalue weighted by atomic mass is 10.0. The quantitative estimate of drug-likeness (QED) is 0.502. The first-order valence-corrected chi connectivity index (χ1v) is 14.4. The SMILES string of the molecule is O=C(c1nn(-c2cccc(CN3CCCC(F)(F)C3)c2)c2c1CS(=O)(=O)c1ccccc1-2)N1CCOCC1. The average Bonchev–Trinajstić information content (AvgIpc) is 3.27. The van der Waals surface area contributed by atoms with Crippen LogP contribution in [0.1, 0.15) is 34.5 Å². The molecule has 38 heavy (non-hydrogen) atoms. The van der Waals surface area contributed by atoms with Gasteiger partial charge in [0.15, 0.2) is 15.5 Å². The molecule has 0 unspecified atom stereocenters. The van der Waals surface area contributed by atoms with Gasteiger partial charge in [0.05, 0.1) is 41.8 Å². The third-order valence-electron chi connectivity index (χ3n) is 7.33. The third-order valence-corrected chi connectivity index (χ3v) is 9.02. The minimum absolute atomic E-state index is 0.0920. The van der Waals surface area contributed by atoms with E-state index in [4.69, 9.17) is 9.84 Å². The number of sulfone groups is 1. The number of benzene rings is 2. The van der Waals surface area contributed by atoms with Crippen molar-refractivity contribution in [2.45, 2.75) is 36.0 Å². The molecule has 4 heterocycles. The fourth-order valence-corrected chi connectivity index (χ4v) is 7.16. The summed E-state index contributed by atoms with van der Waals surface area (Å²) < 4.78 is 61.4. The average molecular weight is 543 g/mol. The van der Waals surface area contributed by atoms with Gasteiger partial charge in [-0.05, 0) is 36.7 Å². The molecule has 0 atom stereocenters. The molecule has 200 valence electrons. The number of alkyl halides is 2. The molecule has 0 N–H and O–H groups in total. The van der Waals surface area contributed by atoms with Crippen molar-refractivity contribution in [1.29, 1.82) is 0 Å². The Kier molecular flexibility index (Phi) is 6.32. The monoisotopic (exact) mass is 542 g/mol. The van der Waals surface area contributed by atoms with Crippen LogP contribution in [0.2, 0.25) is 0 Å². The van der Waals surface area contributed by atoms with Crippen LogP contribution in [0.5, 0.6) is 0 Å². The summed E-state index contributed by atoms with van der Waals surface area (Å²) in [5.41, 5.74) is 3.01. The van der Waals surface area contributed by atoms with Crippen LogP contribution in [-0.2, 0) is 26.9 Å². The molecular formula is C27H28F2N4O4S. The van der Waals surface area contributed by atoms with Crippen molar-refractivity contribution in [3.8, 4) is 16.9 Å². The van der Waals surface area contributed by atoms with Crippen LogP contribution in [0.15, 0.2) is 53.4 Å². The first-order valence-electron chi connectivity index (χ1n) is 12.7. The van der Waals surface area contributed by atoms with Gasteiger partial charge in [-0.25, -0.2) is 21.9 Å². The van der Waals surface area contributed by atoms with Gasteiger partial charge in [0.25, 0.3) is 11.8 Å². The van der Waals surface area contributed by atoms with E-state index >= 15 is 0 Å². The van der Waals surface area contributed by atoms with Crippen molar-refractivity contribution >= 4 is 15.7 Å². The zero-order chi connectivity index (χ0) is 26.5. The van der Waals surface area contributed by atoms with Crippen molar-refractivity contribution in [1.82, 2.24) is 19.6 Å². The molecule has 2 aromatic carbocycles. The van der Waals surface area contributed by atoms with Gasteiger partial charge in [-0.15, -0.1) is 0 Å². The number of rotatable bonds is 4. The third kappa shape index (κ3) is 4.63. The van der Waals surface area contributed by atoms with Crippen molar-refractivity contribution in [2.24, 2.45) is 0 Å². The topological polar surface area (TPSA) is 84.7 Å². The van der Waals surface area contributed by atoms with Crippen LogP contribution < -0.4 is 0 Å². The van der Waals surface area contributed by atoms with Gasteiger partial charge in [0.2, 0.25) is 0 Å². The molecule has 1 aromatic heterocycles.